The Morgan fingerprint density at radius 3 is 2.75 bits per heavy atom. The van der Waals surface area contributed by atoms with E-state index in [-0.39, 0.29) is 10.8 Å². The molecule has 0 aliphatic heterocycles. The minimum Gasteiger partial charge on any atom is -0.480 e. The minimum atomic E-state index is -3.79. The molecule has 1 aromatic rings. The first-order valence-corrected chi connectivity index (χ1v) is 6.49. The van der Waals surface area contributed by atoms with Gasteiger partial charge >= 0.3 is 5.97 Å². The number of aliphatic carboxylic acids is 1. The molecule has 0 amide bonds. The molecule has 0 fully saturated rings. The van der Waals surface area contributed by atoms with Gasteiger partial charge in [-0.1, -0.05) is 12.0 Å². The van der Waals surface area contributed by atoms with E-state index in [0.29, 0.717) is 0 Å². The molecular weight excluding hydrogens is 250 g/mol. The van der Waals surface area contributed by atoms with Gasteiger partial charge in [-0.15, -0.1) is 17.8 Å². The maximum atomic E-state index is 11.9. The lowest BCUT2D eigenvalue weighted by molar-refractivity contribution is -0.137. The van der Waals surface area contributed by atoms with Crippen LogP contribution in [0.2, 0.25) is 0 Å². The fraction of sp³-hybridized carbons (Fsp3) is 0.222. The van der Waals surface area contributed by atoms with Crippen molar-refractivity contribution in [3.05, 3.63) is 17.5 Å². The van der Waals surface area contributed by atoms with Gasteiger partial charge in [-0.2, -0.15) is 4.31 Å². The van der Waals surface area contributed by atoms with Crippen molar-refractivity contribution in [1.82, 2.24) is 4.31 Å². The molecule has 5 nitrogen and oxygen atoms in total. The predicted molar refractivity (Wildman–Crippen MR) is 59.5 cm³/mol. The van der Waals surface area contributed by atoms with Crippen LogP contribution in [0.3, 0.4) is 0 Å². The zero-order valence-corrected chi connectivity index (χ0v) is 9.79. The third-order valence-electron chi connectivity index (χ3n) is 1.67. The average Bonchev–Trinajstić information content (AvgIpc) is 2.69. The molecule has 0 unspecified atom stereocenters. The molecule has 0 atom stereocenters. The van der Waals surface area contributed by atoms with Crippen LogP contribution in [0.25, 0.3) is 0 Å². The standard InChI is InChI=1S/C9H9NO4S2/c1-2-5-10(7-8(11)12)16(13,14)9-4-3-6-15-9/h1,3-4,6H,5,7H2,(H,11,12). The second-order valence-corrected chi connectivity index (χ2v) is 5.92. The number of rotatable bonds is 5. The average molecular weight is 259 g/mol. The van der Waals surface area contributed by atoms with Crippen LogP contribution in [0.4, 0.5) is 0 Å². The Morgan fingerprint density at radius 2 is 2.31 bits per heavy atom. The number of carbonyl (C=O) groups is 1. The van der Waals surface area contributed by atoms with Crippen LogP contribution >= 0.6 is 11.3 Å². The summed E-state index contributed by atoms with van der Waals surface area (Å²) in [6.45, 7) is -0.892. The molecule has 86 valence electrons. The summed E-state index contributed by atoms with van der Waals surface area (Å²) in [4.78, 5) is 10.5. The van der Waals surface area contributed by atoms with E-state index < -0.39 is 22.5 Å². The molecule has 7 heteroatoms. The maximum Gasteiger partial charge on any atom is 0.318 e. The topological polar surface area (TPSA) is 74.7 Å². The van der Waals surface area contributed by atoms with Crippen molar-refractivity contribution in [1.29, 1.82) is 0 Å². The van der Waals surface area contributed by atoms with Gasteiger partial charge in [-0.05, 0) is 11.4 Å². The normalized spacial score (nSPS) is 11.2. The number of thiophene rings is 1. The SMILES string of the molecule is C#CCN(CC(=O)O)S(=O)(=O)c1cccs1. The lowest BCUT2D eigenvalue weighted by atomic mass is 10.6. The van der Waals surface area contributed by atoms with Crippen LogP contribution in [0.5, 0.6) is 0 Å². The molecule has 0 bridgehead atoms. The molecule has 16 heavy (non-hydrogen) atoms. The van der Waals surface area contributed by atoms with Gasteiger partial charge in [0, 0.05) is 0 Å². The Kier molecular flexibility index (Phi) is 4.06. The highest BCUT2D eigenvalue weighted by Crippen LogP contribution is 2.20. The maximum absolute atomic E-state index is 11.9. The molecule has 1 N–H and O–H groups in total. The van der Waals surface area contributed by atoms with E-state index in [2.05, 4.69) is 5.92 Å². The summed E-state index contributed by atoms with van der Waals surface area (Å²) in [5.41, 5.74) is 0. The van der Waals surface area contributed by atoms with E-state index in [1.54, 1.807) is 11.4 Å². The largest absolute Gasteiger partial charge is 0.480 e. The summed E-state index contributed by atoms with van der Waals surface area (Å²) in [5, 5.41) is 10.2. The van der Waals surface area contributed by atoms with Crippen LogP contribution < -0.4 is 0 Å². The van der Waals surface area contributed by atoms with Crippen molar-refractivity contribution in [3.8, 4) is 12.3 Å². The lowest BCUT2D eigenvalue weighted by Gasteiger charge is -2.16. The Morgan fingerprint density at radius 1 is 1.62 bits per heavy atom. The van der Waals surface area contributed by atoms with Gasteiger partial charge < -0.3 is 5.11 Å². The third-order valence-corrected chi connectivity index (χ3v) is 4.83. The molecule has 0 saturated heterocycles. The van der Waals surface area contributed by atoms with Gasteiger partial charge in [-0.25, -0.2) is 8.42 Å². The predicted octanol–water partition coefficient (Wildman–Crippen LogP) is 0.457. The smallest absolute Gasteiger partial charge is 0.318 e. The van der Waals surface area contributed by atoms with Gasteiger partial charge in [0.25, 0.3) is 10.0 Å². The van der Waals surface area contributed by atoms with E-state index in [4.69, 9.17) is 11.5 Å². The summed E-state index contributed by atoms with van der Waals surface area (Å²) in [6, 6.07) is 2.98. The van der Waals surface area contributed by atoms with E-state index in [1.165, 1.54) is 6.07 Å². The monoisotopic (exact) mass is 259 g/mol. The lowest BCUT2D eigenvalue weighted by Crippen LogP contribution is -2.35. The Balaban J connectivity index is 3.03. The number of carboxylic acids is 1. The molecule has 0 aromatic carbocycles. The van der Waals surface area contributed by atoms with Crippen molar-refractivity contribution in [2.24, 2.45) is 0 Å². The Labute approximate surface area is 97.4 Å². The van der Waals surface area contributed by atoms with Crippen molar-refractivity contribution in [2.45, 2.75) is 4.21 Å². The number of sulfonamides is 1. The molecule has 1 heterocycles. The van der Waals surface area contributed by atoms with Gasteiger partial charge in [-0.3, -0.25) is 4.79 Å². The van der Waals surface area contributed by atoms with Gasteiger partial charge in [0.05, 0.1) is 6.54 Å². The van der Waals surface area contributed by atoms with E-state index in [0.717, 1.165) is 15.6 Å². The first kappa shape index (κ1) is 12.7. The second kappa shape index (κ2) is 5.12. The minimum absolute atomic E-state index is 0.0870. The molecule has 1 aromatic heterocycles. The van der Waals surface area contributed by atoms with Crippen molar-refractivity contribution in [2.75, 3.05) is 13.1 Å². The first-order chi connectivity index (χ1) is 7.48. The summed E-state index contributed by atoms with van der Waals surface area (Å²) >= 11 is 1.02. The summed E-state index contributed by atoms with van der Waals surface area (Å²) in [5.74, 6) is 0.889. The highest BCUT2D eigenvalue weighted by Gasteiger charge is 2.26. The van der Waals surface area contributed by atoms with Gasteiger partial charge in [0.1, 0.15) is 10.8 Å². The van der Waals surface area contributed by atoms with Crippen molar-refractivity contribution < 1.29 is 18.3 Å². The van der Waals surface area contributed by atoms with Crippen molar-refractivity contribution >= 4 is 27.3 Å². The zero-order chi connectivity index (χ0) is 12.2. The quantitative estimate of drug-likeness (QED) is 0.779. The van der Waals surface area contributed by atoms with Crippen LogP contribution in [-0.4, -0.2) is 36.9 Å². The van der Waals surface area contributed by atoms with Crippen LogP contribution in [0.15, 0.2) is 21.7 Å². The van der Waals surface area contributed by atoms with E-state index in [1.807, 2.05) is 0 Å². The molecule has 1 rings (SSSR count). The van der Waals surface area contributed by atoms with Gasteiger partial charge in [0.15, 0.2) is 0 Å². The van der Waals surface area contributed by atoms with E-state index in [9.17, 15) is 13.2 Å². The fourth-order valence-electron chi connectivity index (χ4n) is 1.02. The molecule has 0 radical (unpaired) electrons. The van der Waals surface area contributed by atoms with Crippen molar-refractivity contribution in [3.63, 3.8) is 0 Å². The fourth-order valence-corrected chi connectivity index (χ4v) is 3.46. The highest BCUT2D eigenvalue weighted by molar-refractivity contribution is 7.91. The molecule has 0 spiro atoms. The van der Waals surface area contributed by atoms with E-state index >= 15 is 0 Å². The van der Waals surface area contributed by atoms with Gasteiger partial charge in [0.2, 0.25) is 0 Å². The second-order valence-electron chi connectivity index (χ2n) is 2.80. The van der Waals surface area contributed by atoms with Crippen LogP contribution in [0, 0.1) is 12.3 Å². The molecular formula is C9H9NO4S2. The number of terminal acetylenes is 1. The molecule has 0 aliphatic carbocycles. The Bertz CT molecular complexity index is 498. The van der Waals surface area contributed by atoms with Crippen LogP contribution in [0.1, 0.15) is 0 Å². The summed E-state index contributed by atoms with van der Waals surface area (Å²) < 4.78 is 24.6. The number of nitrogens with zero attached hydrogens (tertiary/aromatic N) is 1. The first-order valence-electron chi connectivity index (χ1n) is 4.17. The Hall–Kier alpha value is -1.36. The molecule has 0 aliphatic rings. The number of hydrogen-bond donors (Lipinski definition) is 1. The number of hydrogen-bond acceptors (Lipinski definition) is 4. The molecule has 0 saturated carbocycles. The third kappa shape index (κ3) is 2.82. The van der Waals surface area contributed by atoms with Crippen LogP contribution in [-0.2, 0) is 14.8 Å². The summed E-state index contributed by atoms with van der Waals surface area (Å²) in [6.07, 6.45) is 5.01. The number of carboxylic acid groups (broad SMARTS) is 1. The highest BCUT2D eigenvalue weighted by atomic mass is 32.2. The zero-order valence-electron chi connectivity index (χ0n) is 8.16. The summed E-state index contributed by atoms with van der Waals surface area (Å²) in [7, 11) is -3.79.